The van der Waals surface area contributed by atoms with Gasteiger partial charge in [-0.25, -0.2) is 0 Å². The molecule has 0 bridgehead atoms. The summed E-state index contributed by atoms with van der Waals surface area (Å²) in [5, 5.41) is 16.2. The maximum absolute atomic E-state index is 8.32. The number of nitrogens with zero attached hydrogens (tertiary/aromatic N) is 1. The van der Waals surface area contributed by atoms with Gasteiger partial charge in [0.25, 0.3) is 5.17 Å². The van der Waals surface area contributed by atoms with Crippen molar-refractivity contribution in [2.45, 2.75) is 0 Å². The minimum atomic E-state index is -0.289. The zero-order valence-corrected chi connectivity index (χ0v) is 4.77. The third-order valence-electron chi connectivity index (χ3n) is 0.539. The van der Waals surface area contributed by atoms with Gasteiger partial charge in [0.2, 0.25) is 0 Å². The third kappa shape index (κ3) is 5.42. The SMILES string of the molecule is CN(CO)C(O)=S.[KH]. The van der Waals surface area contributed by atoms with E-state index in [1.807, 2.05) is 0 Å². The van der Waals surface area contributed by atoms with Crippen molar-refractivity contribution in [1.29, 1.82) is 0 Å². The van der Waals surface area contributed by atoms with E-state index in [4.69, 9.17) is 10.2 Å². The fourth-order valence-electron chi connectivity index (χ4n) is 0.0605. The Labute approximate surface area is 96.1 Å². The monoisotopic (exact) mass is 161 g/mol. The number of hydrogen-bond acceptors (Lipinski definition) is 2. The summed E-state index contributed by atoms with van der Waals surface area (Å²) in [4.78, 5) is 1.13. The van der Waals surface area contributed by atoms with Crippen LogP contribution in [-0.2, 0) is 0 Å². The summed E-state index contributed by atoms with van der Waals surface area (Å²) in [6.07, 6.45) is 0. The number of rotatable bonds is 1. The van der Waals surface area contributed by atoms with Gasteiger partial charge in [0.05, 0.1) is 0 Å². The predicted molar refractivity (Wildman–Crippen MR) is 37.2 cm³/mol. The van der Waals surface area contributed by atoms with E-state index in [-0.39, 0.29) is 63.3 Å². The maximum atomic E-state index is 8.32. The van der Waals surface area contributed by atoms with Crippen molar-refractivity contribution in [3.05, 3.63) is 0 Å². The first kappa shape index (κ1) is 12.0. The minimum absolute atomic E-state index is 0. The molecule has 0 fully saturated rings. The summed E-state index contributed by atoms with van der Waals surface area (Å²) in [7, 11) is 1.49. The molecule has 0 heterocycles. The van der Waals surface area contributed by atoms with E-state index >= 15 is 0 Å². The van der Waals surface area contributed by atoms with E-state index < -0.39 is 0 Å². The molecule has 2 N–H and O–H groups in total. The van der Waals surface area contributed by atoms with Crippen molar-refractivity contribution in [3.8, 4) is 0 Å². The van der Waals surface area contributed by atoms with Gasteiger partial charge in [0.1, 0.15) is 6.73 Å². The van der Waals surface area contributed by atoms with Gasteiger partial charge < -0.3 is 15.1 Å². The molecule has 3 nitrogen and oxygen atoms in total. The average molecular weight is 161 g/mol. The van der Waals surface area contributed by atoms with Crippen molar-refractivity contribution in [2.24, 2.45) is 0 Å². The van der Waals surface area contributed by atoms with Crippen LogP contribution in [0.5, 0.6) is 0 Å². The molecule has 5 heteroatoms. The molecule has 0 saturated heterocycles. The topological polar surface area (TPSA) is 43.7 Å². The van der Waals surface area contributed by atoms with Gasteiger partial charge in [-0.1, -0.05) is 0 Å². The van der Waals surface area contributed by atoms with Crippen LogP contribution in [0, 0.1) is 0 Å². The molecule has 0 amide bonds. The van der Waals surface area contributed by atoms with Crippen LogP contribution in [0.15, 0.2) is 0 Å². The molecule has 8 heavy (non-hydrogen) atoms. The first-order valence-electron chi connectivity index (χ1n) is 1.73. The van der Waals surface area contributed by atoms with Crippen molar-refractivity contribution in [2.75, 3.05) is 13.8 Å². The van der Waals surface area contributed by atoms with Gasteiger partial charge in [-0.15, -0.1) is 0 Å². The molecule has 0 saturated carbocycles. The van der Waals surface area contributed by atoms with Gasteiger partial charge >= 0.3 is 51.4 Å². The molecule has 0 atom stereocenters. The predicted octanol–water partition coefficient (Wildman–Crippen LogP) is -0.938. The molecule has 0 aromatic heterocycles. The van der Waals surface area contributed by atoms with Crippen molar-refractivity contribution < 1.29 is 10.2 Å². The Kier molecular flexibility index (Phi) is 9.62. The molecule has 0 aliphatic heterocycles. The summed E-state index contributed by atoms with van der Waals surface area (Å²) in [5.41, 5.74) is 0. The Morgan fingerprint density at radius 2 is 2.12 bits per heavy atom. The van der Waals surface area contributed by atoms with Gasteiger partial charge in [0.15, 0.2) is 0 Å². The van der Waals surface area contributed by atoms with E-state index in [1.54, 1.807) is 0 Å². The second kappa shape index (κ2) is 6.41. The number of thiocarbonyl (C=S) groups is 1. The van der Waals surface area contributed by atoms with Crippen LogP contribution in [-0.4, -0.2) is 85.5 Å². The first-order chi connectivity index (χ1) is 3.18. The molecule has 0 aliphatic rings. The molecular weight excluding hydrogens is 153 g/mol. The Morgan fingerprint density at radius 3 is 2.12 bits per heavy atom. The van der Waals surface area contributed by atoms with E-state index in [9.17, 15) is 0 Å². The van der Waals surface area contributed by atoms with Gasteiger partial charge in [-0.05, 0) is 12.2 Å². The van der Waals surface area contributed by atoms with E-state index in [1.165, 1.54) is 7.05 Å². The van der Waals surface area contributed by atoms with Crippen LogP contribution >= 0.6 is 12.2 Å². The fourth-order valence-corrected chi connectivity index (χ4v) is 0.118. The zero-order valence-electron chi connectivity index (χ0n) is 3.96. The van der Waals surface area contributed by atoms with Gasteiger partial charge in [0, 0.05) is 7.05 Å². The van der Waals surface area contributed by atoms with Crippen LogP contribution in [0.3, 0.4) is 0 Å². The summed E-state index contributed by atoms with van der Waals surface area (Å²) >= 11 is 4.24. The van der Waals surface area contributed by atoms with E-state index in [2.05, 4.69) is 12.2 Å². The Morgan fingerprint density at radius 1 is 1.75 bits per heavy atom. The second-order valence-corrected chi connectivity index (χ2v) is 1.49. The van der Waals surface area contributed by atoms with Crippen molar-refractivity contribution >= 4 is 68.8 Å². The molecule has 0 unspecified atom stereocenters. The Bertz CT molecular complexity index is 79.7. The Balaban J connectivity index is 0. The van der Waals surface area contributed by atoms with Crippen LogP contribution < -0.4 is 0 Å². The number of hydrogen-bond donors (Lipinski definition) is 2. The average Bonchev–Trinajstić information content (AvgIpc) is 1.65. The molecule has 0 rings (SSSR count). The first-order valence-corrected chi connectivity index (χ1v) is 2.14. The van der Waals surface area contributed by atoms with Gasteiger partial charge in [-0.2, -0.15) is 0 Å². The van der Waals surface area contributed by atoms with E-state index in [0.717, 1.165) is 4.90 Å². The zero-order chi connectivity index (χ0) is 5.86. The number of aliphatic hydroxyl groups excluding tert-OH is 2. The van der Waals surface area contributed by atoms with Crippen molar-refractivity contribution in [1.82, 2.24) is 4.90 Å². The number of aliphatic hydroxyl groups is 2. The van der Waals surface area contributed by atoms with Crippen LogP contribution in [0.1, 0.15) is 0 Å². The normalized spacial score (nSPS) is 7.25. The summed E-state index contributed by atoms with van der Waals surface area (Å²) in [6, 6.07) is 0. The van der Waals surface area contributed by atoms with Gasteiger partial charge in [-0.3, -0.25) is 0 Å². The molecular formula is C3H8KNO2S. The third-order valence-corrected chi connectivity index (χ3v) is 0.850. The summed E-state index contributed by atoms with van der Waals surface area (Å²) in [6.45, 7) is -0.241. The molecule has 0 spiro atoms. The molecule has 0 aliphatic carbocycles. The quantitative estimate of drug-likeness (QED) is 0.296. The molecule has 44 valence electrons. The van der Waals surface area contributed by atoms with E-state index in [0.29, 0.717) is 0 Å². The second-order valence-electron chi connectivity index (χ2n) is 1.12. The standard InChI is InChI=1S/C3H7NO2S.K.H/c1-4(2-5)3(6)7;;/h5H,2H2,1H3,(H,6,7);;. The van der Waals surface area contributed by atoms with Crippen LogP contribution in [0.2, 0.25) is 0 Å². The van der Waals surface area contributed by atoms with Crippen LogP contribution in [0.25, 0.3) is 0 Å². The van der Waals surface area contributed by atoms with Crippen molar-refractivity contribution in [3.63, 3.8) is 0 Å². The molecule has 0 aromatic carbocycles. The molecule has 0 aromatic rings. The summed E-state index contributed by atoms with van der Waals surface area (Å²) in [5.74, 6) is 0. The van der Waals surface area contributed by atoms with Crippen LogP contribution in [0.4, 0.5) is 0 Å². The fraction of sp³-hybridized carbons (Fsp3) is 0.667. The Hall–Kier alpha value is 1.29. The molecule has 0 radical (unpaired) electrons. The summed E-state index contributed by atoms with van der Waals surface area (Å²) < 4.78 is 0.